The van der Waals surface area contributed by atoms with Crippen molar-refractivity contribution < 1.29 is 14.7 Å². The van der Waals surface area contributed by atoms with Gasteiger partial charge in [0.15, 0.2) is 5.65 Å². The first-order chi connectivity index (χ1) is 12.3. The lowest BCUT2D eigenvalue weighted by Crippen LogP contribution is -2.14. The molecule has 3 aromatic rings. The predicted octanol–water partition coefficient (Wildman–Crippen LogP) is 3.58. The first-order valence-corrected chi connectivity index (χ1v) is 8.27. The molecule has 0 atom stereocenters. The van der Waals surface area contributed by atoms with Gasteiger partial charge in [0.05, 0.1) is 17.3 Å². The Kier molecular flexibility index (Phi) is 4.46. The molecule has 0 fully saturated rings. The number of nitrogens with one attached hydrogen (secondary N) is 1. The zero-order chi connectivity index (χ0) is 19.0. The van der Waals surface area contributed by atoms with Crippen molar-refractivity contribution in [1.29, 1.82) is 0 Å². The first kappa shape index (κ1) is 17.6. The highest BCUT2D eigenvalue weighted by molar-refractivity contribution is 6.06. The number of anilines is 1. The second kappa shape index (κ2) is 6.59. The van der Waals surface area contributed by atoms with Gasteiger partial charge in [0.2, 0.25) is 0 Å². The van der Waals surface area contributed by atoms with Gasteiger partial charge in [-0.1, -0.05) is 6.07 Å². The molecule has 134 valence electrons. The highest BCUT2D eigenvalue weighted by atomic mass is 16.4. The molecular formula is C19H20N4O3. The van der Waals surface area contributed by atoms with Crippen LogP contribution in [0.25, 0.3) is 11.0 Å². The Morgan fingerprint density at radius 1 is 1.12 bits per heavy atom. The standard InChI is InChI=1S/C19H20N4O3/c1-10(2)23-17-13(9-21-23)6-14(8-20-17)18(24)22-16-7-15(19(25)26)11(3)5-12(16)4/h5-10H,1-4H3,(H,22,24)(H,25,26). The van der Waals surface area contributed by atoms with E-state index in [1.165, 1.54) is 12.3 Å². The van der Waals surface area contributed by atoms with Crippen LogP contribution in [0.15, 0.2) is 30.6 Å². The molecule has 1 amide bonds. The fraction of sp³-hybridized carbons (Fsp3) is 0.263. The minimum atomic E-state index is -1.03. The molecule has 7 heteroatoms. The van der Waals surface area contributed by atoms with Crippen LogP contribution in [0.4, 0.5) is 5.69 Å². The van der Waals surface area contributed by atoms with Crippen LogP contribution in [0.2, 0.25) is 0 Å². The van der Waals surface area contributed by atoms with Gasteiger partial charge in [-0.3, -0.25) is 4.79 Å². The van der Waals surface area contributed by atoms with Gasteiger partial charge >= 0.3 is 5.97 Å². The summed E-state index contributed by atoms with van der Waals surface area (Å²) in [6, 6.07) is 5.12. The van der Waals surface area contributed by atoms with Crippen molar-refractivity contribution in [1.82, 2.24) is 14.8 Å². The van der Waals surface area contributed by atoms with Crippen molar-refractivity contribution in [2.75, 3.05) is 5.32 Å². The fourth-order valence-corrected chi connectivity index (χ4v) is 2.85. The Morgan fingerprint density at radius 3 is 2.50 bits per heavy atom. The smallest absolute Gasteiger partial charge is 0.336 e. The number of carbonyl (C=O) groups is 2. The maximum Gasteiger partial charge on any atom is 0.336 e. The van der Waals surface area contributed by atoms with Crippen LogP contribution in [0, 0.1) is 13.8 Å². The third kappa shape index (κ3) is 3.15. The number of carboxylic acid groups (broad SMARTS) is 1. The number of pyridine rings is 1. The maximum absolute atomic E-state index is 12.6. The Hall–Kier alpha value is -3.22. The monoisotopic (exact) mass is 352 g/mol. The number of rotatable bonds is 4. The van der Waals surface area contributed by atoms with E-state index in [0.717, 1.165) is 16.6 Å². The lowest BCUT2D eigenvalue weighted by Gasteiger charge is -2.12. The predicted molar refractivity (Wildman–Crippen MR) is 98.7 cm³/mol. The number of aryl methyl sites for hydroxylation is 2. The summed E-state index contributed by atoms with van der Waals surface area (Å²) in [6.07, 6.45) is 3.18. The third-order valence-electron chi connectivity index (χ3n) is 4.23. The lowest BCUT2D eigenvalue weighted by atomic mass is 10.0. The number of aromatic nitrogens is 3. The average Bonchev–Trinajstić information content (AvgIpc) is 3.00. The van der Waals surface area contributed by atoms with Crippen LogP contribution in [-0.4, -0.2) is 31.7 Å². The molecule has 0 aliphatic heterocycles. The molecule has 3 rings (SSSR count). The highest BCUT2D eigenvalue weighted by Crippen LogP contribution is 2.22. The summed E-state index contributed by atoms with van der Waals surface area (Å²) in [5.41, 5.74) is 3.18. The van der Waals surface area contributed by atoms with Gasteiger partial charge in [-0.25, -0.2) is 14.5 Å². The molecule has 0 unspecified atom stereocenters. The Morgan fingerprint density at radius 2 is 1.85 bits per heavy atom. The van der Waals surface area contributed by atoms with E-state index in [1.54, 1.807) is 29.9 Å². The summed E-state index contributed by atoms with van der Waals surface area (Å²) >= 11 is 0. The summed E-state index contributed by atoms with van der Waals surface area (Å²) in [4.78, 5) is 28.3. The van der Waals surface area contributed by atoms with E-state index in [9.17, 15) is 14.7 Å². The summed E-state index contributed by atoms with van der Waals surface area (Å²) in [5.74, 6) is -1.37. The summed E-state index contributed by atoms with van der Waals surface area (Å²) in [7, 11) is 0. The van der Waals surface area contributed by atoms with Crippen molar-refractivity contribution in [3.63, 3.8) is 0 Å². The minimum Gasteiger partial charge on any atom is -0.478 e. The topological polar surface area (TPSA) is 97.1 Å². The largest absolute Gasteiger partial charge is 0.478 e. The van der Waals surface area contributed by atoms with E-state index in [1.807, 2.05) is 20.8 Å². The zero-order valence-electron chi connectivity index (χ0n) is 15.1. The molecular weight excluding hydrogens is 332 g/mol. The number of aromatic carboxylic acids is 1. The number of amides is 1. The molecule has 0 spiro atoms. The number of carboxylic acids is 1. The van der Waals surface area contributed by atoms with Crippen LogP contribution < -0.4 is 5.32 Å². The van der Waals surface area contributed by atoms with E-state index < -0.39 is 5.97 Å². The summed E-state index contributed by atoms with van der Waals surface area (Å²) in [6.45, 7) is 7.57. The van der Waals surface area contributed by atoms with Crippen molar-refractivity contribution in [2.24, 2.45) is 0 Å². The number of nitrogens with zero attached hydrogens (tertiary/aromatic N) is 3. The van der Waals surface area contributed by atoms with Crippen LogP contribution in [0.1, 0.15) is 51.7 Å². The lowest BCUT2D eigenvalue weighted by molar-refractivity contribution is 0.0695. The van der Waals surface area contributed by atoms with Crippen molar-refractivity contribution >= 4 is 28.6 Å². The maximum atomic E-state index is 12.6. The normalized spacial score (nSPS) is 11.1. The third-order valence-corrected chi connectivity index (χ3v) is 4.23. The van der Waals surface area contributed by atoms with Crippen LogP contribution in [0.5, 0.6) is 0 Å². The van der Waals surface area contributed by atoms with E-state index in [0.29, 0.717) is 16.8 Å². The molecule has 1 aromatic carbocycles. The number of carbonyl (C=O) groups excluding carboxylic acids is 1. The minimum absolute atomic E-state index is 0.165. The Bertz CT molecular complexity index is 1020. The number of hydrogen-bond acceptors (Lipinski definition) is 4. The van der Waals surface area contributed by atoms with Gasteiger partial charge in [-0.2, -0.15) is 5.10 Å². The molecule has 0 saturated carbocycles. The molecule has 0 radical (unpaired) electrons. The van der Waals surface area contributed by atoms with Crippen LogP contribution in [0.3, 0.4) is 0 Å². The molecule has 0 aliphatic carbocycles. The van der Waals surface area contributed by atoms with E-state index in [-0.39, 0.29) is 17.5 Å². The van der Waals surface area contributed by atoms with E-state index in [4.69, 9.17) is 0 Å². The molecule has 2 aromatic heterocycles. The van der Waals surface area contributed by atoms with Crippen molar-refractivity contribution in [3.05, 3.63) is 52.8 Å². The molecule has 0 aliphatic rings. The molecule has 0 saturated heterocycles. The van der Waals surface area contributed by atoms with Gasteiger partial charge in [0, 0.05) is 23.3 Å². The second-order valence-electron chi connectivity index (χ2n) is 6.56. The van der Waals surface area contributed by atoms with E-state index in [2.05, 4.69) is 15.4 Å². The van der Waals surface area contributed by atoms with Crippen LogP contribution in [-0.2, 0) is 0 Å². The zero-order valence-corrected chi connectivity index (χ0v) is 15.1. The SMILES string of the molecule is Cc1cc(C)c(C(=O)O)cc1NC(=O)c1cnc2c(cnn2C(C)C)c1. The molecule has 26 heavy (non-hydrogen) atoms. The van der Waals surface area contributed by atoms with E-state index >= 15 is 0 Å². The number of hydrogen-bond donors (Lipinski definition) is 2. The van der Waals surface area contributed by atoms with Crippen molar-refractivity contribution in [2.45, 2.75) is 33.7 Å². The number of fused-ring (bicyclic) bond motifs is 1. The second-order valence-corrected chi connectivity index (χ2v) is 6.56. The average molecular weight is 352 g/mol. The van der Waals surface area contributed by atoms with Gasteiger partial charge in [0.25, 0.3) is 5.91 Å². The van der Waals surface area contributed by atoms with Gasteiger partial charge in [0.1, 0.15) is 0 Å². The molecule has 2 heterocycles. The highest BCUT2D eigenvalue weighted by Gasteiger charge is 2.15. The van der Waals surface area contributed by atoms with Crippen LogP contribution >= 0.6 is 0 Å². The molecule has 0 bridgehead atoms. The quantitative estimate of drug-likeness (QED) is 0.748. The number of benzene rings is 1. The Labute approximate surface area is 150 Å². The van der Waals surface area contributed by atoms with Gasteiger partial charge in [-0.15, -0.1) is 0 Å². The first-order valence-electron chi connectivity index (χ1n) is 8.27. The summed E-state index contributed by atoms with van der Waals surface area (Å²) in [5, 5.41) is 17.1. The van der Waals surface area contributed by atoms with Gasteiger partial charge in [-0.05, 0) is 51.0 Å². The van der Waals surface area contributed by atoms with Crippen molar-refractivity contribution in [3.8, 4) is 0 Å². The molecule has 2 N–H and O–H groups in total. The fourth-order valence-electron chi connectivity index (χ4n) is 2.85. The van der Waals surface area contributed by atoms with Gasteiger partial charge < -0.3 is 10.4 Å². The molecule has 7 nitrogen and oxygen atoms in total. The summed E-state index contributed by atoms with van der Waals surface area (Å²) < 4.78 is 1.79. The Balaban J connectivity index is 1.92.